The molecule has 2 saturated heterocycles. The van der Waals surface area contributed by atoms with Crippen molar-refractivity contribution in [3.63, 3.8) is 0 Å². The molecule has 4 N–H and O–H groups in total. The summed E-state index contributed by atoms with van der Waals surface area (Å²) in [4.78, 5) is 22.8. The van der Waals surface area contributed by atoms with Crippen molar-refractivity contribution < 1.29 is 13.5 Å². The highest BCUT2D eigenvalue weighted by Crippen LogP contribution is 2.54. The van der Waals surface area contributed by atoms with Crippen LogP contribution in [-0.2, 0) is 10.2 Å². The van der Waals surface area contributed by atoms with E-state index in [-0.39, 0.29) is 23.1 Å². The number of hydrogen-bond donors (Lipinski definition) is 3. The monoisotopic (exact) mass is 456 g/mol. The summed E-state index contributed by atoms with van der Waals surface area (Å²) in [5.74, 6) is -1.30. The van der Waals surface area contributed by atoms with E-state index in [4.69, 9.17) is 10.5 Å². The summed E-state index contributed by atoms with van der Waals surface area (Å²) in [5, 5.41) is 7.67. The van der Waals surface area contributed by atoms with E-state index in [9.17, 15) is 13.6 Å². The quantitative estimate of drug-likeness (QED) is 0.558. The highest BCUT2D eigenvalue weighted by Gasteiger charge is 2.50. The fourth-order valence-corrected chi connectivity index (χ4v) is 5.64. The molecule has 3 fully saturated rings. The van der Waals surface area contributed by atoms with Gasteiger partial charge in [-0.05, 0) is 50.3 Å². The number of H-pyrrole nitrogens is 2. The number of fused-ring (bicyclic) bond motifs is 1. The van der Waals surface area contributed by atoms with Gasteiger partial charge < -0.3 is 15.4 Å². The zero-order chi connectivity index (χ0) is 23.0. The number of nitrogens with zero attached hydrogens (tertiary/aromatic N) is 3. The Balaban J connectivity index is 1.31. The van der Waals surface area contributed by atoms with Gasteiger partial charge in [-0.1, -0.05) is 6.07 Å². The van der Waals surface area contributed by atoms with Crippen LogP contribution >= 0.6 is 0 Å². The molecule has 0 amide bonds. The molecule has 1 aromatic carbocycles. The summed E-state index contributed by atoms with van der Waals surface area (Å²) in [6.07, 6.45) is 3.20. The first-order valence-electron chi connectivity index (χ1n) is 11.4. The fourth-order valence-electron chi connectivity index (χ4n) is 5.64. The Bertz CT molecular complexity index is 1290. The van der Waals surface area contributed by atoms with Crippen LogP contribution in [-0.4, -0.2) is 52.0 Å². The molecule has 0 bridgehead atoms. The molecule has 2 aliphatic heterocycles. The van der Waals surface area contributed by atoms with Crippen LogP contribution in [0.3, 0.4) is 0 Å². The van der Waals surface area contributed by atoms with Crippen molar-refractivity contribution in [2.45, 2.75) is 50.2 Å². The summed E-state index contributed by atoms with van der Waals surface area (Å²) in [5.41, 5.74) is 7.04. The van der Waals surface area contributed by atoms with Crippen LogP contribution in [0.15, 0.2) is 23.0 Å². The number of piperidine rings is 1. The minimum Gasteiger partial charge on any atom is -0.376 e. The molecular weight excluding hydrogens is 430 g/mol. The number of halogens is 2. The molecule has 8 nitrogen and oxygen atoms in total. The van der Waals surface area contributed by atoms with Crippen molar-refractivity contribution in [2.24, 2.45) is 11.1 Å². The van der Waals surface area contributed by atoms with Crippen molar-refractivity contribution in [1.29, 1.82) is 0 Å². The Morgan fingerprint density at radius 2 is 1.94 bits per heavy atom. The van der Waals surface area contributed by atoms with Gasteiger partial charge in [0.15, 0.2) is 17.3 Å². The van der Waals surface area contributed by atoms with Gasteiger partial charge in [-0.15, -0.1) is 0 Å². The van der Waals surface area contributed by atoms with Crippen molar-refractivity contribution in [1.82, 2.24) is 20.2 Å². The van der Waals surface area contributed by atoms with Gasteiger partial charge in [-0.25, -0.2) is 8.78 Å². The van der Waals surface area contributed by atoms with Crippen LogP contribution in [0, 0.1) is 17.0 Å². The highest BCUT2D eigenvalue weighted by atomic mass is 19.2. The highest BCUT2D eigenvalue weighted by molar-refractivity contribution is 5.80. The van der Waals surface area contributed by atoms with Gasteiger partial charge in [0.05, 0.1) is 18.4 Å². The summed E-state index contributed by atoms with van der Waals surface area (Å²) in [6, 6.07) is 3.88. The lowest BCUT2D eigenvalue weighted by Gasteiger charge is -2.41. The van der Waals surface area contributed by atoms with Gasteiger partial charge >= 0.3 is 0 Å². The second kappa shape index (κ2) is 7.07. The van der Waals surface area contributed by atoms with Gasteiger partial charge in [-0.3, -0.25) is 14.9 Å². The van der Waals surface area contributed by atoms with Crippen molar-refractivity contribution >= 4 is 17.0 Å². The summed E-state index contributed by atoms with van der Waals surface area (Å²) in [6.45, 7) is 4.12. The maximum Gasteiger partial charge on any atom is 0.263 e. The third kappa shape index (κ3) is 3.03. The number of aromatic nitrogens is 4. The number of anilines is 1. The molecule has 3 aromatic rings. The summed E-state index contributed by atoms with van der Waals surface area (Å²) >= 11 is 0. The Hall–Kier alpha value is -2.85. The minimum absolute atomic E-state index is 0.00957. The number of benzene rings is 1. The molecule has 0 unspecified atom stereocenters. The van der Waals surface area contributed by atoms with Gasteiger partial charge in [0.25, 0.3) is 5.56 Å². The average Bonchev–Trinajstić information content (AvgIpc) is 3.43. The van der Waals surface area contributed by atoms with E-state index in [2.05, 4.69) is 25.1 Å². The largest absolute Gasteiger partial charge is 0.376 e. The lowest BCUT2D eigenvalue weighted by molar-refractivity contribution is 0.0973. The van der Waals surface area contributed by atoms with E-state index in [1.165, 1.54) is 6.07 Å². The van der Waals surface area contributed by atoms with Gasteiger partial charge in [0, 0.05) is 30.0 Å². The van der Waals surface area contributed by atoms with Gasteiger partial charge in [0.2, 0.25) is 5.95 Å². The first-order chi connectivity index (χ1) is 15.8. The molecule has 3 aliphatic rings. The second-order valence-corrected chi connectivity index (χ2v) is 9.79. The summed E-state index contributed by atoms with van der Waals surface area (Å²) < 4.78 is 33.1. The van der Waals surface area contributed by atoms with E-state index >= 15 is 0 Å². The minimum atomic E-state index is -0.905. The Morgan fingerprint density at radius 1 is 1.18 bits per heavy atom. The Labute approximate surface area is 188 Å². The lowest BCUT2D eigenvalue weighted by Crippen LogP contribution is -2.51. The van der Waals surface area contributed by atoms with Crippen LogP contribution < -0.4 is 16.2 Å². The molecule has 33 heavy (non-hydrogen) atoms. The molecule has 10 heteroatoms. The molecule has 4 heterocycles. The van der Waals surface area contributed by atoms with E-state index in [1.807, 2.05) is 6.92 Å². The summed E-state index contributed by atoms with van der Waals surface area (Å²) in [7, 11) is 0. The zero-order valence-electron chi connectivity index (χ0n) is 18.3. The molecule has 2 atom stereocenters. The number of ether oxygens (including phenoxy) is 1. The third-order valence-electron chi connectivity index (χ3n) is 8.00. The fraction of sp³-hybridized carbons (Fsp3) is 0.522. The van der Waals surface area contributed by atoms with Crippen LogP contribution in [0.1, 0.15) is 43.9 Å². The number of aromatic amines is 2. The standard InChI is InChI=1S/C23H26F2N6O2/c1-12-17(26)22(11-33-12)6-8-31(9-7-22)21-27-19-16(20(32)28-21)18(29-30-19)23(4-5-23)13-2-3-14(24)15(25)10-13/h2-3,10,12,17H,4-9,11,26H2,1H3,(H2,27,28,29,30,32)/t12-,17+/m0/s1. The van der Waals surface area contributed by atoms with Gasteiger partial charge in [-0.2, -0.15) is 10.1 Å². The lowest BCUT2D eigenvalue weighted by atomic mass is 9.73. The molecule has 1 aliphatic carbocycles. The molecule has 0 radical (unpaired) electrons. The zero-order valence-corrected chi connectivity index (χ0v) is 18.3. The van der Waals surface area contributed by atoms with E-state index in [0.29, 0.717) is 47.7 Å². The van der Waals surface area contributed by atoms with Crippen LogP contribution in [0.4, 0.5) is 14.7 Å². The van der Waals surface area contributed by atoms with Crippen molar-refractivity contribution in [2.75, 3.05) is 24.6 Å². The van der Waals surface area contributed by atoms with Crippen LogP contribution in [0.2, 0.25) is 0 Å². The third-order valence-corrected chi connectivity index (χ3v) is 8.00. The van der Waals surface area contributed by atoms with Crippen LogP contribution in [0.25, 0.3) is 11.0 Å². The van der Waals surface area contributed by atoms with Crippen LogP contribution in [0.5, 0.6) is 0 Å². The number of nitrogens with one attached hydrogen (secondary N) is 2. The number of hydrogen-bond acceptors (Lipinski definition) is 6. The first-order valence-corrected chi connectivity index (χ1v) is 11.4. The van der Waals surface area contributed by atoms with Crippen molar-refractivity contribution in [3.8, 4) is 0 Å². The van der Waals surface area contributed by atoms with E-state index in [0.717, 1.165) is 32.0 Å². The average molecular weight is 456 g/mol. The topological polar surface area (TPSA) is 113 Å². The normalized spacial score (nSPS) is 25.8. The predicted octanol–water partition coefficient (Wildman–Crippen LogP) is 2.34. The maximum absolute atomic E-state index is 13.9. The SMILES string of the molecule is C[C@@H]1OCC2(CCN(c3nc4[nH]nc(C5(c6ccc(F)c(F)c6)CC5)c4c(=O)[nH]3)CC2)[C@@H]1N. The Morgan fingerprint density at radius 3 is 2.58 bits per heavy atom. The smallest absolute Gasteiger partial charge is 0.263 e. The molecular formula is C23H26F2N6O2. The molecule has 6 rings (SSSR count). The number of nitrogens with two attached hydrogens (primary N) is 1. The number of rotatable bonds is 3. The van der Waals surface area contributed by atoms with Crippen molar-refractivity contribution in [3.05, 3.63) is 51.4 Å². The first kappa shape index (κ1) is 20.7. The predicted molar refractivity (Wildman–Crippen MR) is 118 cm³/mol. The molecule has 1 spiro atoms. The van der Waals surface area contributed by atoms with E-state index in [1.54, 1.807) is 6.07 Å². The second-order valence-electron chi connectivity index (χ2n) is 9.79. The molecule has 174 valence electrons. The Kier molecular flexibility index (Phi) is 4.44. The maximum atomic E-state index is 13.9. The van der Waals surface area contributed by atoms with E-state index < -0.39 is 17.0 Å². The van der Waals surface area contributed by atoms with Gasteiger partial charge in [0.1, 0.15) is 5.39 Å². The molecule has 1 saturated carbocycles. The molecule has 2 aromatic heterocycles.